The predicted octanol–water partition coefficient (Wildman–Crippen LogP) is 5.94. The molecule has 3 aliphatic heterocycles. The second-order valence-corrected chi connectivity index (χ2v) is 15.6. The molecule has 0 unspecified atom stereocenters. The van der Waals surface area contributed by atoms with Crippen molar-refractivity contribution in [1.29, 1.82) is 0 Å². The van der Waals surface area contributed by atoms with Crippen LogP contribution in [0.3, 0.4) is 0 Å². The second kappa shape index (κ2) is 10.6. The van der Waals surface area contributed by atoms with Gasteiger partial charge in [0.2, 0.25) is 11.8 Å². The van der Waals surface area contributed by atoms with Crippen LogP contribution in [0.1, 0.15) is 30.9 Å². The van der Waals surface area contributed by atoms with E-state index in [1.54, 1.807) is 47.5 Å². The Balaban J connectivity index is 1.16. The van der Waals surface area contributed by atoms with Crippen LogP contribution in [0.15, 0.2) is 65.9 Å². The first-order valence-corrected chi connectivity index (χ1v) is 17.6. The first-order chi connectivity index (χ1) is 23.9. The van der Waals surface area contributed by atoms with Crippen LogP contribution in [0.25, 0.3) is 20.7 Å². The molecule has 4 amide bonds. The molecule has 13 heteroatoms. The molecule has 2 aliphatic carbocycles. The molecule has 50 heavy (non-hydrogen) atoms. The summed E-state index contributed by atoms with van der Waals surface area (Å²) in [6.45, 7) is 3.80. The van der Waals surface area contributed by atoms with Crippen LogP contribution < -0.4 is 9.64 Å². The van der Waals surface area contributed by atoms with Crippen LogP contribution in [-0.4, -0.2) is 48.8 Å². The monoisotopic (exact) mass is 710 g/mol. The number of aryl methyl sites for hydroxylation is 2. The zero-order valence-corrected chi connectivity index (χ0v) is 28.8. The number of aromatic hydroxyl groups is 1. The smallest absolute Gasteiger partial charge is 0.257 e. The van der Waals surface area contributed by atoms with Crippen molar-refractivity contribution in [2.45, 2.75) is 33.1 Å². The molecule has 0 spiro atoms. The maximum Gasteiger partial charge on any atom is 0.257 e. The van der Waals surface area contributed by atoms with E-state index < -0.39 is 58.6 Å². The molecular weight excluding hydrogens is 680 g/mol. The van der Waals surface area contributed by atoms with Gasteiger partial charge in [-0.1, -0.05) is 23.3 Å². The highest BCUT2D eigenvalue weighted by atomic mass is 35.5. The number of carbonyl (C=O) groups is 4. The highest BCUT2D eigenvalue weighted by Crippen LogP contribution is 2.63. The maximum atomic E-state index is 15.0. The molecule has 0 radical (unpaired) electrons. The Kier molecular flexibility index (Phi) is 6.63. The van der Waals surface area contributed by atoms with Gasteiger partial charge in [-0.25, -0.2) is 4.90 Å². The standard InChI is InChI=1S/C37H31ClN4O7S/c1-16-23-12-19(38)4-9-28(23)50-32(16)26-14-29(40(3)39-26)41-34(45)25-13-24-21(6-7-22-30(24)35(46)42(48)33(22)44)31(37(25,2)36(41)47)18-10-17-11-20(43)5-8-27(17)49-15-18/h4-6,8-9,11-12,14-15,22,24-25,30-31,43,48H,7,10,13H2,1-3H3/t22-,24+,25-,30-,31-,37+/m0/s1. The number of carbonyl (C=O) groups excluding carboxylic acids is 4. The summed E-state index contributed by atoms with van der Waals surface area (Å²) in [5.41, 5.74) is 2.55. The van der Waals surface area contributed by atoms with Gasteiger partial charge in [-0.05, 0) is 85.5 Å². The van der Waals surface area contributed by atoms with Crippen molar-refractivity contribution in [3.8, 4) is 22.1 Å². The van der Waals surface area contributed by atoms with Crippen molar-refractivity contribution in [3.63, 3.8) is 0 Å². The van der Waals surface area contributed by atoms with Crippen molar-refractivity contribution >= 4 is 62.5 Å². The third-order valence-corrected chi connectivity index (χ3v) is 13.1. The summed E-state index contributed by atoms with van der Waals surface area (Å²) in [7, 11) is 1.70. The number of hydrogen-bond donors (Lipinski definition) is 2. The summed E-state index contributed by atoms with van der Waals surface area (Å²) >= 11 is 7.85. The summed E-state index contributed by atoms with van der Waals surface area (Å²) in [4.78, 5) is 58.1. The van der Waals surface area contributed by atoms with Gasteiger partial charge in [-0.3, -0.25) is 29.1 Å². The molecule has 11 nitrogen and oxygen atoms in total. The van der Waals surface area contributed by atoms with E-state index in [9.17, 15) is 29.5 Å². The van der Waals surface area contributed by atoms with Crippen LogP contribution >= 0.6 is 22.9 Å². The lowest BCUT2D eigenvalue weighted by Crippen LogP contribution is -2.51. The third kappa shape index (κ3) is 4.09. The molecule has 254 valence electrons. The molecule has 4 aromatic rings. The number of thiophene rings is 1. The van der Waals surface area contributed by atoms with Gasteiger partial charge in [0, 0.05) is 40.7 Å². The van der Waals surface area contributed by atoms with Crippen molar-refractivity contribution in [3.05, 3.63) is 82.1 Å². The van der Waals surface area contributed by atoms with Gasteiger partial charge < -0.3 is 9.84 Å². The number of benzene rings is 2. The summed E-state index contributed by atoms with van der Waals surface area (Å²) in [6.07, 6.45) is 4.24. The fourth-order valence-electron chi connectivity index (χ4n) is 9.26. The van der Waals surface area contributed by atoms with Gasteiger partial charge in [-0.2, -0.15) is 10.2 Å². The number of imide groups is 2. The van der Waals surface area contributed by atoms with Gasteiger partial charge >= 0.3 is 0 Å². The molecule has 0 bridgehead atoms. The number of halogens is 1. The molecule has 2 saturated heterocycles. The first-order valence-electron chi connectivity index (χ1n) is 16.4. The lowest BCUT2D eigenvalue weighted by molar-refractivity contribution is -0.173. The number of phenols is 1. The summed E-state index contributed by atoms with van der Waals surface area (Å²) in [5.74, 6) is -4.87. The topological polar surface area (TPSA) is 142 Å². The Morgan fingerprint density at radius 3 is 2.64 bits per heavy atom. The van der Waals surface area contributed by atoms with E-state index >= 15 is 0 Å². The van der Waals surface area contributed by atoms with Gasteiger partial charge in [0.05, 0.1) is 34.3 Å². The number of hydrogen-bond acceptors (Lipinski definition) is 9. The highest BCUT2D eigenvalue weighted by Gasteiger charge is 2.68. The van der Waals surface area contributed by atoms with E-state index in [1.807, 2.05) is 38.1 Å². The average Bonchev–Trinajstić information content (AvgIpc) is 3.75. The van der Waals surface area contributed by atoms with Gasteiger partial charge in [0.25, 0.3) is 11.8 Å². The number of anilines is 1. The lowest BCUT2D eigenvalue weighted by atomic mass is 9.51. The van der Waals surface area contributed by atoms with Crippen molar-refractivity contribution in [2.75, 3.05) is 4.90 Å². The molecule has 2 N–H and O–H groups in total. The van der Waals surface area contributed by atoms with Crippen molar-refractivity contribution in [2.24, 2.45) is 42.1 Å². The molecule has 2 aromatic carbocycles. The minimum Gasteiger partial charge on any atom is -0.508 e. The van der Waals surface area contributed by atoms with E-state index in [0.717, 1.165) is 37.2 Å². The van der Waals surface area contributed by atoms with Crippen molar-refractivity contribution in [1.82, 2.24) is 14.8 Å². The van der Waals surface area contributed by atoms with Gasteiger partial charge in [0.15, 0.2) is 0 Å². The molecule has 1 saturated carbocycles. The van der Waals surface area contributed by atoms with Crippen LogP contribution in [0.4, 0.5) is 5.82 Å². The molecule has 9 rings (SSSR count). The number of allylic oxidation sites excluding steroid dienone is 3. The van der Waals surface area contributed by atoms with Crippen LogP contribution in [0, 0.1) is 41.9 Å². The summed E-state index contributed by atoms with van der Waals surface area (Å²) in [6, 6.07) is 12.3. The second-order valence-electron chi connectivity index (χ2n) is 14.1. The minimum atomic E-state index is -1.28. The van der Waals surface area contributed by atoms with E-state index in [-0.39, 0.29) is 23.7 Å². The fraction of sp³-hybridized carbons (Fsp3) is 0.324. The maximum absolute atomic E-state index is 15.0. The molecule has 5 aliphatic rings. The Labute approximate surface area is 294 Å². The number of fused-ring (bicyclic) bond motifs is 6. The highest BCUT2D eigenvalue weighted by molar-refractivity contribution is 7.22. The van der Waals surface area contributed by atoms with E-state index in [1.165, 1.54) is 11.0 Å². The number of phenolic OH excluding ortho intramolecular Hbond substituents is 1. The minimum absolute atomic E-state index is 0.0688. The SMILES string of the molecule is Cc1c(-c2cc(N3C(=O)[C@@H]4C[C@@H]5C(=CC[C@@H]6C(=O)N(O)C(=O)[C@@H]65)[C@H](C5=COc6ccc(O)cc6C5)[C@]4(C)C3=O)n(C)n2)sc2ccc(Cl)cc12. The normalized spacial score (nSPS) is 28.7. The van der Waals surface area contributed by atoms with Crippen LogP contribution in [0.5, 0.6) is 11.5 Å². The molecule has 5 heterocycles. The van der Waals surface area contributed by atoms with E-state index in [4.69, 9.17) is 21.4 Å². The zero-order chi connectivity index (χ0) is 35.0. The van der Waals surface area contributed by atoms with Crippen LogP contribution in [-0.2, 0) is 32.6 Å². The van der Waals surface area contributed by atoms with Gasteiger partial charge in [-0.15, -0.1) is 11.3 Å². The van der Waals surface area contributed by atoms with E-state index in [2.05, 4.69) is 0 Å². The molecule has 6 atom stereocenters. The van der Waals surface area contributed by atoms with E-state index in [0.29, 0.717) is 28.7 Å². The predicted molar refractivity (Wildman–Crippen MR) is 183 cm³/mol. The Morgan fingerprint density at radius 1 is 1.04 bits per heavy atom. The number of ether oxygens (including phenoxy) is 1. The quantitative estimate of drug-likeness (QED) is 0.151. The number of aromatic nitrogens is 2. The van der Waals surface area contributed by atoms with Crippen molar-refractivity contribution < 1.29 is 34.2 Å². The number of amides is 4. The number of rotatable bonds is 3. The Bertz CT molecular complexity index is 2310. The third-order valence-electron chi connectivity index (χ3n) is 11.6. The Hall–Kier alpha value is -4.78. The zero-order valence-electron chi connectivity index (χ0n) is 27.2. The Morgan fingerprint density at radius 2 is 1.84 bits per heavy atom. The molecule has 2 aromatic heterocycles. The number of nitrogens with zero attached hydrogens (tertiary/aromatic N) is 4. The molecular formula is C37H31ClN4O7S. The van der Waals surface area contributed by atoms with Gasteiger partial charge in [0.1, 0.15) is 23.0 Å². The average molecular weight is 711 g/mol. The fourth-order valence-corrected chi connectivity index (χ4v) is 10.6. The first kappa shape index (κ1) is 31.2. The summed E-state index contributed by atoms with van der Waals surface area (Å²) < 4.78 is 8.63. The lowest BCUT2D eigenvalue weighted by Gasteiger charge is -2.49. The number of hydroxylamine groups is 2. The van der Waals surface area contributed by atoms with Crippen LogP contribution in [0.2, 0.25) is 5.02 Å². The largest absolute Gasteiger partial charge is 0.508 e. The summed E-state index contributed by atoms with van der Waals surface area (Å²) in [5, 5.41) is 27.3. The molecule has 3 fully saturated rings.